The molecular weight excluding hydrogens is 350 g/mol. The number of hydrogen-bond acceptors (Lipinski definition) is 4. The van der Waals surface area contributed by atoms with E-state index in [1.165, 1.54) is 11.8 Å². The molecule has 2 aromatic rings. The molecule has 1 aromatic carbocycles. The zero-order valence-corrected chi connectivity index (χ0v) is 14.3. The maximum Gasteiger partial charge on any atom is 0.270 e. The van der Waals surface area contributed by atoms with Crippen LogP contribution in [0.2, 0.25) is 0 Å². The van der Waals surface area contributed by atoms with Crippen LogP contribution in [0.3, 0.4) is 0 Å². The summed E-state index contributed by atoms with van der Waals surface area (Å²) in [5, 5.41) is 9.79. The van der Waals surface area contributed by atoms with Gasteiger partial charge in [-0.2, -0.15) is 5.26 Å². The summed E-state index contributed by atoms with van der Waals surface area (Å²) in [4.78, 5) is 19.1. The Morgan fingerprint density at radius 2 is 2.14 bits per heavy atom. The maximum atomic E-state index is 12.0. The van der Waals surface area contributed by atoms with Gasteiger partial charge >= 0.3 is 0 Å². The molecule has 0 unspecified atom stereocenters. The molecule has 0 saturated heterocycles. The van der Waals surface area contributed by atoms with Crippen molar-refractivity contribution in [1.82, 2.24) is 9.97 Å². The predicted molar refractivity (Wildman–Crippen MR) is 88.6 cm³/mol. The lowest BCUT2D eigenvalue weighted by Gasteiger charge is -2.14. The number of halogens is 1. The van der Waals surface area contributed by atoms with E-state index < -0.39 is 5.56 Å². The molecule has 4 nitrogen and oxygen atoms in total. The average molecular weight is 364 g/mol. The lowest BCUT2D eigenvalue weighted by atomic mass is 9.94. The lowest BCUT2D eigenvalue weighted by molar-refractivity contribution is 0.862. The summed E-state index contributed by atoms with van der Waals surface area (Å²) in [5.74, 6) is 0.253. The van der Waals surface area contributed by atoms with Crippen molar-refractivity contribution in [2.75, 3.05) is 6.26 Å². The molecule has 6 heteroatoms. The monoisotopic (exact) mass is 363 g/mol. The fraction of sp³-hybridized carbons (Fsp3) is 0.267. The van der Waals surface area contributed by atoms with Gasteiger partial charge in [-0.3, -0.25) is 4.79 Å². The predicted octanol–water partition coefficient (Wildman–Crippen LogP) is 3.92. The Morgan fingerprint density at radius 1 is 1.43 bits per heavy atom. The summed E-state index contributed by atoms with van der Waals surface area (Å²) in [5.41, 5.74) is 1.97. The average Bonchev–Trinajstić information content (AvgIpc) is 2.46. The van der Waals surface area contributed by atoms with Gasteiger partial charge in [-0.05, 0) is 29.9 Å². The van der Waals surface area contributed by atoms with Crippen LogP contribution >= 0.6 is 27.7 Å². The number of aromatic amines is 1. The number of nitriles is 1. The lowest BCUT2D eigenvalue weighted by Crippen LogP contribution is -2.15. The maximum absolute atomic E-state index is 12.0. The molecule has 1 aromatic heterocycles. The number of nitrogens with zero attached hydrogens (tertiary/aromatic N) is 2. The first-order valence-electron chi connectivity index (χ1n) is 6.36. The summed E-state index contributed by atoms with van der Waals surface area (Å²) >= 11 is 4.80. The van der Waals surface area contributed by atoms with Crippen molar-refractivity contribution >= 4 is 27.7 Å². The van der Waals surface area contributed by atoms with E-state index in [0.717, 1.165) is 15.6 Å². The molecule has 0 aliphatic carbocycles. The smallest absolute Gasteiger partial charge is 0.270 e. The van der Waals surface area contributed by atoms with Gasteiger partial charge in [0.25, 0.3) is 5.56 Å². The molecule has 0 spiro atoms. The number of benzene rings is 1. The van der Waals surface area contributed by atoms with E-state index in [4.69, 9.17) is 0 Å². The van der Waals surface area contributed by atoms with Crippen molar-refractivity contribution in [2.45, 2.75) is 24.9 Å². The van der Waals surface area contributed by atoms with Crippen LogP contribution in [0, 0.1) is 11.3 Å². The normalized spacial score (nSPS) is 10.7. The van der Waals surface area contributed by atoms with Gasteiger partial charge in [0.15, 0.2) is 5.16 Å². The number of aromatic nitrogens is 2. The molecule has 0 aliphatic rings. The summed E-state index contributed by atoms with van der Waals surface area (Å²) in [7, 11) is 0. The minimum absolute atomic E-state index is 0.0528. The van der Waals surface area contributed by atoms with Crippen LogP contribution in [0.5, 0.6) is 0 Å². The van der Waals surface area contributed by atoms with E-state index >= 15 is 0 Å². The third-order valence-corrected chi connectivity index (χ3v) is 4.17. The van der Waals surface area contributed by atoms with Gasteiger partial charge < -0.3 is 4.98 Å². The molecule has 1 N–H and O–H groups in total. The third kappa shape index (κ3) is 3.20. The van der Waals surface area contributed by atoms with Crippen LogP contribution in [-0.4, -0.2) is 16.2 Å². The standard InChI is InChI=1S/C15H14BrN3OS/c1-8(2)11-6-9(16)4-5-10(11)13-12(7-17)14(20)19-15(18-13)21-3/h4-6,8H,1-3H3,(H,18,19,20). The minimum atomic E-state index is -0.399. The molecule has 0 bridgehead atoms. The van der Waals surface area contributed by atoms with Crippen LogP contribution in [-0.2, 0) is 0 Å². The highest BCUT2D eigenvalue weighted by atomic mass is 79.9. The SMILES string of the molecule is CSc1nc(-c2ccc(Br)cc2C(C)C)c(C#N)c(=O)[nH]1. The molecule has 108 valence electrons. The van der Waals surface area contributed by atoms with E-state index in [2.05, 4.69) is 39.7 Å². The van der Waals surface area contributed by atoms with Gasteiger partial charge in [0.2, 0.25) is 0 Å². The van der Waals surface area contributed by atoms with Crippen molar-refractivity contribution < 1.29 is 0 Å². The largest absolute Gasteiger partial charge is 0.300 e. The summed E-state index contributed by atoms with van der Waals surface area (Å²) in [6.07, 6.45) is 1.83. The highest BCUT2D eigenvalue weighted by Gasteiger charge is 2.17. The van der Waals surface area contributed by atoms with Crippen LogP contribution in [0.4, 0.5) is 0 Å². The second-order valence-electron chi connectivity index (χ2n) is 4.80. The topological polar surface area (TPSA) is 69.5 Å². The van der Waals surface area contributed by atoms with E-state index in [1.54, 1.807) is 0 Å². The fourth-order valence-electron chi connectivity index (χ4n) is 2.07. The zero-order valence-electron chi connectivity index (χ0n) is 11.9. The van der Waals surface area contributed by atoms with Gasteiger partial charge in [-0.25, -0.2) is 4.98 Å². The van der Waals surface area contributed by atoms with Crippen molar-refractivity contribution in [3.05, 3.63) is 44.2 Å². The fourth-order valence-corrected chi connectivity index (χ4v) is 2.83. The van der Waals surface area contributed by atoms with E-state index in [1.807, 2.05) is 30.5 Å². The summed E-state index contributed by atoms with van der Waals surface area (Å²) in [6.45, 7) is 4.14. The van der Waals surface area contributed by atoms with Gasteiger partial charge in [-0.1, -0.05) is 47.6 Å². The summed E-state index contributed by atoms with van der Waals surface area (Å²) in [6, 6.07) is 7.76. The van der Waals surface area contributed by atoms with Crippen LogP contribution in [0.1, 0.15) is 30.9 Å². The van der Waals surface area contributed by atoms with E-state index in [-0.39, 0.29) is 11.5 Å². The molecule has 0 aliphatic heterocycles. The van der Waals surface area contributed by atoms with Crippen LogP contribution in [0.25, 0.3) is 11.3 Å². The molecular formula is C15H14BrN3OS. The highest BCUT2D eigenvalue weighted by Crippen LogP contribution is 2.32. The number of nitrogens with one attached hydrogen (secondary N) is 1. The molecule has 0 saturated carbocycles. The number of rotatable bonds is 3. The van der Waals surface area contributed by atoms with Gasteiger partial charge in [0, 0.05) is 10.0 Å². The third-order valence-electron chi connectivity index (χ3n) is 3.09. The minimum Gasteiger partial charge on any atom is -0.300 e. The van der Waals surface area contributed by atoms with Crippen LogP contribution in [0.15, 0.2) is 32.6 Å². The molecule has 0 atom stereocenters. The first-order chi connectivity index (χ1) is 9.97. The Balaban J connectivity index is 2.81. The quantitative estimate of drug-likeness (QED) is 0.662. The summed E-state index contributed by atoms with van der Waals surface area (Å²) < 4.78 is 0.961. The number of H-pyrrole nitrogens is 1. The Hall–Kier alpha value is -1.58. The second kappa shape index (κ2) is 6.46. The second-order valence-corrected chi connectivity index (χ2v) is 6.51. The van der Waals surface area contributed by atoms with Crippen molar-refractivity contribution in [1.29, 1.82) is 5.26 Å². The highest BCUT2D eigenvalue weighted by molar-refractivity contribution is 9.10. The zero-order chi connectivity index (χ0) is 15.6. The van der Waals surface area contributed by atoms with Crippen molar-refractivity contribution in [2.24, 2.45) is 0 Å². The van der Waals surface area contributed by atoms with Crippen LogP contribution < -0.4 is 5.56 Å². The molecule has 1 heterocycles. The van der Waals surface area contributed by atoms with Gasteiger partial charge in [-0.15, -0.1) is 0 Å². The Bertz CT molecular complexity index is 777. The number of hydrogen-bond donors (Lipinski definition) is 1. The molecule has 21 heavy (non-hydrogen) atoms. The molecule has 0 fully saturated rings. The number of thioether (sulfide) groups is 1. The Kier molecular flexibility index (Phi) is 4.86. The first kappa shape index (κ1) is 15.8. The van der Waals surface area contributed by atoms with Gasteiger partial charge in [0.05, 0.1) is 5.69 Å². The first-order valence-corrected chi connectivity index (χ1v) is 8.38. The Labute approximate surface area is 135 Å². The molecule has 0 radical (unpaired) electrons. The Morgan fingerprint density at radius 3 is 2.71 bits per heavy atom. The molecule has 2 rings (SSSR count). The van der Waals surface area contributed by atoms with E-state index in [0.29, 0.717) is 10.9 Å². The van der Waals surface area contributed by atoms with Gasteiger partial charge in [0.1, 0.15) is 11.6 Å². The van der Waals surface area contributed by atoms with E-state index in [9.17, 15) is 10.1 Å². The van der Waals surface area contributed by atoms with Crippen molar-refractivity contribution in [3.8, 4) is 17.3 Å². The molecule has 0 amide bonds. The van der Waals surface area contributed by atoms with Crippen molar-refractivity contribution in [3.63, 3.8) is 0 Å².